The van der Waals surface area contributed by atoms with Gasteiger partial charge in [-0.05, 0) is 55.6 Å². The summed E-state index contributed by atoms with van der Waals surface area (Å²) in [6, 6.07) is 7.46. The maximum absolute atomic E-state index is 6.54. The fourth-order valence-electron chi connectivity index (χ4n) is 3.46. The lowest BCUT2D eigenvalue weighted by molar-refractivity contribution is 0.324. The Balaban J connectivity index is 2.26. The van der Waals surface area contributed by atoms with Gasteiger partial charge in [-0.2, -0.15) is 0 Å². The minimum Gasteiger partial charge on any atom is -0.493 e. The molecule has 0 unspecified atom stereocenters. The topological polar surface area (TPSA) is 69.5 Å². The zero-order chi connectivity index (χ0) is 20.3. The lowest BCUT2D eigenvalue weighted by atomic mass is 9.99. The summed E-state index contributed by atoms with van der Waals surface area (Å²) in [5.74, 6) is 1.71. The van der Waals surface area contributed by atoms with Gasteiger partial charge in [0.2, 0.25) is 5.75 Å². The van der Waals surface area contributed by atoms with E-state index >= 15 is 0 Å². The summed E-state index contributed by atoms with van der Waals surface area (Å²) in [6.07, 6.45) is 2.70. The maximum Gasteiger partial charge on any atom is 0.203 e. The van der Waals surface area contributed by atoms with Crippen molar-refractivity contribution in [2.24, 2.45) is 5.73 Å². The standard InChI is InChI=1S/C21H24Cl2N2O3/c1-26-16-10-12(11-17(27-2)21(16)28-3)19-13(6-4-5-9-24)18-14(22)7-8-15(23)20(18)25-19/h7-8,10-11,25H,4-6,9,24H2,1-3H3. The molecule has 7 heteroatoms. The lowest BCUT2D eigenvalue weighted by Crippen LogP contribution is -2.00. The molecule has 0 spiro atoms. The largest absolute Gasteiger partial charge is 0.493 e. The smallest absolute Gasteiger partial charge is 0.203 e. The van der Waals surface area contributed by atoms with E-state index in [9.17, 15) is 0 Å². The van der Waals surface area contributed by atoms with E-state index in [0.29, 0.717) is 33.8 Å². The highest BCUT2D eigenvalue weighted by molar-refractivity contribution is 6.40. The van der Waals surface area contributed by atoms with Crippen molar-refractivity contribution in [1.29, 1.82) is 0 Å². The average Bonchev–Trinajstić information content (AvgIpc) is 3.10. The fraction of sp³-hybridized carbons (Fsp3) is 0.333. The van der Waals surface area contributed by atoms with Crippen molar-refractivity contribution in [3.63, 3.8) is 0 Å². The summed E-state index contributed by atoms with van der Waals surface area (Å²) in [6.45, 7) is 0.649. The molecule has 2 aromatic carbocycles. The van der Waals surface area contributed by atoms with E-state index in [-0.39, 0.29) is 0 Å². The van der Waals surface area contributed by atoms with Crippen molar-refractivity contribution >= 4 is 34.1 Å². The van der Waals surface area contributed by atoms with Crippen LogP contribution in [0.1, 0.15) is 18.4 Å². The number of nitrogens with two attached hydrogens (primary N) is 1. The highest BCUT2D eigenvalue weighted by Crippen LogP contribution is 2.44. The van der Waals surface area contributed by atoms with Crippen molar-refractivity contribution < 1.29 is 14.2 Å². The second kappa shape index (κ2) is 8.95. The molecule has 0 bridgehead atoms. The summed E-state index contributed by atoms with van der Waals surface area (Å²) in [4.78, 5) is 3.46. The highest BCUT2D eigenvalue weighted by Gasteiger charge is 2.21. The number of aromatic amines is 1. The normalized spacial score (nSPS) is 11.1. The molecule has 1 heterocycles. The highest BCUT2D eigenvalue weighted by atomic mass is 35.5. The summed E-state index contributed by atoms with van der Waals surface area (Å²) in [7, 11) is 4.78. The van der Waals surface area contributed by atoms with Crippen LogP contribution < -0.4 is 19.9 Å². The molecule has 3 rings (SSSR count). The van der Waals surface area contributed by atoms with E-state index in [2.05, 4.69) is 4.98 Å². The van der Waals surface area contributed by atoms with Crippen molar-refractivity contribution in [3.05, 3.63) is 39.9 Å². The van der Waals surface area contributed by atoms with Crippen LogP contribution in [0.15, 0.2) is 24.3 Å². The molecule has 0 atom stereocenters. The number of unbranched alkanes of at least 4 members (excludes halogenated alkanes) is 1. The van der Waals surface area contributed by atoms with E-state index < -0.39 is 0 Å². The van der Waals surface area contributed by atoms with Crippen molar-refractivity contribution in [2.45, 2.75) is 19.3 Å². The number of methoxy groups -OCH3 is 3. The Hall–Kier alpha value is -2.08. The number of nitrogens with one attached hydrogen (secondary N) is 1. The first-order valence-electron chi connectivity index (χ1n) is 9.04. The minimum absolute atomic E-state index is 0.547. The van der Waals surface area contributed by atoms with Gasteiger partial charge in [-0.3, -0.25) is 0 Å². The van der Waals surface area contributed by atoms with E-state index in [0.717, 1.165) is 47.0 Å². The van der Waals surface area contributed by atoms with Gasteiger partial charge in [0.05, 0.1) is 42.6 Å². The molecule has 0 radical (unpaired) electrons. The fourth-order valence-corrected chi connectivity index (χ4v) is 3.94. The Bertz CT molecular complexity index is 960. The van der Waals surface area contributed by atoms with Crippen LogP contribution in [0, 0.1) is 0 Å². The molecule has 0 saturated carbocycles. The quantitative estimate of drug-likeness (QED) is 0.473. The second-order valence-electron chi connectivity index (χ2n) is 6.42. The third kappa shape index (κ3) is 3.75. The van der Waals surface area contributed by atoms with Gasteiger partial charge in [0.25, 0.3) is 0 Å². The molecule has 0 saturated heterocycles. The van der Waals surface area contributed by atoms with Crippen molar-refractivity contribution in [2.75, 3.05) is 27.9 Å². The first kappa shape index (κ1) is 20.6. The molecule has 3 aromatic rings. The number of rotatable bonds is 8. The Morgan fingerprint density at radius 3 is 2.14 bits per heavy atom. The van der Waals surface area contributed by atoms with Crippen LogP contribution in [-0.4, -0.2) is 32.9 Å². The predicted molar refractivity (Wildman–Crippen MR) is 115 cm³/mol. The Morgan fingerprint density at radius 2 is 1.57 bits per heavy atom. The van der Waals surface area contributed by atoms with Crippen LogP contribution in [0.5, 0.6) is 17.2 Å². The van der Waals surface area contributed by atoms with Crippen LogP contribution in [0.2, 0.25) is 10.0 Å². The molecule has 3 N–H and O–H groups in total. The molecule has 0 aliphatic carbocycles. The summed E-state index contributed by atoms with van der Waals surface area (Å²) in [5.41, 5.74) is 9.45. The van der Waals surface area contributed by atoms with Gasteiger partial charge >= 0.3 is 0 Å². The third-order valence-corrected chi connectivity index (χ3v) is 5.42. The van der Waals surface area contributed by atoms with Crippen LogP contribution in [0.25, 0.3) is 22.2 Å². The minimum atomic E-state index is 0.547. The zero-order valence-electron chi connectivity index (χ0n) is 16.2. The molecule has 0 amide bonds. The number of H-pyrrole nitrogens is 1. The number of aromatic nitrogens is 1. The zero-order valence-corrected chi connectivity index (χ0v) is 17.7. The van der Waals surface area contributed by atoms with Gasteiger partial charge in [0.15, 0.2) is 11.5 Å². The van der Waals surface area contributed by atoms with Crippen LogP contribution in [-0.2, 0) is 6.42 Å². The van der Waals surface area contributed by atoms with E-state index in [1.54, 1.807) is 27.4 Å². The monoisotopic (exact) mass is 422 g/mol. The second-order valence-corrected chi connectivity index (χ2v) is 7.23. The number of aryl methyl sites for hydroxylation is 1. The number of ether oxygens (including phenoxy) is 3. The first-order valence-corrected chi connectivity index (χ1v) is 9.80. The lowest BCUT2D eigenvalue weighted by Gasteiger charge is -2.14. The van der Waals surface area contributed by atoms with Gasteiger partial charge in [0, 0.05) is 10.9 Å². The van der Waals surface area contributed by atoms with E-state index in [1.165, 1.54) is 0 Å². The maximum atomic E-state index is 6.54. The van der Waals surface area contributed by atoms with Crippen LogP contribution in [0.4, 0.5) is 0 Å². The first-order chi connectivity index (χ1) is 13.5. The molecule has 5 nitrogen and oxygen atoms in total. The Labute approximate surface area is 174 Å². The summed E-state index contributed by atoms with van der Waals surface area (Å²) < 4.78 is 16.5. The summed E-state index contributed by atoms with van der Waals surface area (Å²) in [5, 5.41) is 2.23. The number of hydrogen-bond donors (Lipinski definition) is 2. The molecular formula is C21H24Cl2N2O3. The van der Waals surface area contributed by atoms with E-state index in [1.807, 2.05) is 18.2 Å². The number of hydrogen-bond acceptors (Lipinski definition) is 4. The van der Waals surface area contributed by atoms with Gasteiger partial charge < -0.3 is 24.9 Å². The molecular weight excluding hydrogens is 399 g/mol. The summed E-state index contributed by atoms with van der Waals surface area (Å²) >= 11 is 13.0. The predicted octanol–water partition coefficient (Wildman–Crippen LogP) is 5.45. The Morgan fingerprint density at radius 1 is 0.929 bits per heavy atom. The number of fused-ring (bicyclic) bond motifs is 1. The van der Waals surface area contributed by atoms with Gasteiger partial charge in [0.1, 0.15) is 0 Å². The van der Waals surface area contributed by atoms with Gasteiger partial charge in [-0.15, -0.1) is 0 Å². The Kier molecular flexibility index (Phi) is 6.60. The molecule has 1 aromatic heterocycles. The van der Waals surface area contributed by atoms with Crippen molar-refractivity contribution in [1.82, 2.24) is 4.98 Å². The van der Waals surface area contributed by atoms with Crippen molar-refractivity contribution in [3.8, 4) is 28.5 Å². The van der Waals surface area contributed by atoms with Gasteiger partial charge in [-0.25, -0.2) is 0 Å². The van der Waals surface area contributed by atoms with Gasteiger partial charge in [-0.1, -0.05) is 23.2 Å². The number of halogens is 2. The third-order valence-electron chi connectivity index (χ3n) is 4.79. The van der Waals surface area contributed by atoms with E-state index in [4.69, 9.17) is 43.1 Å². The molecule has 0 fully saturated rings. The molecule has 0 aliphatic rings. The molecule has 150 valence electrons. The van der Waals surface area contributed by atoms with Crippen LogP contribution >= 0.6 is 23.2 Å². The average molecular weight is 423 g/mol. The van der Waals surface area contributed by atoms with Crippen LogP contribution in [0.3, 0.4) is 0 Å². The molecule has 0 aliphatic heterocycles. The molecule has 28 heavy (non-hydrogen) atoms. The SMILES string of the molecule is COc1cc(-c2[nH]c3c(Cl)ccc(Cl)c3c2CCCCN)cc(OC)c1OC. The number of benzene rings is 2.